The van der Waals surface area contributed by atoms with Gasteiger partial charge in [-0.2, -0.15) is 0 Å². The fraction of sp³-hybridized carbons (Fsp3) is 0.714. The molecule has 18 heavy (non-hydrogen) atoms. The number of Topliss-reactive ketones (excluding diaryl/α,β-unsaturated/α-hetero) is 1. The minimum Gasteiger partial charge on any atom is -0.476 e. The number of phosphoric acid groups is 1. The van der Waals surface area contributed by atoms with E-state index in [2.05, 4.69) is 4.52 Å². The second kappa shape index (κ2) is 6.90. The van der Waals surface area contributed by atoms with E-state index in [1.807, 2.05) is 0 Å². The Kier molecular flexibility index (Phi) is 6.57. The lowest BCUT2D eigenvalue weighted by Crippen LogP contribution is -2.46. The van der Waals surface area contributed by atoms with Gasteiger partial charge in [0, 0.05) is 12.5 Å². The highest BCUT2D eigenvalue weighted by Gasteiger charge is 2.29. The Balaban J connectivity index is 4.28. The number of rotatable bonds is 8. The van der Waals surface area contributed by atoms with E-state index in [0.717, 1.165) is 0 Å². The summed E-state index contributed by atoms with van der Waals surface area (Å²) in [7, 11) is -4.81. The van der Waals surface area contributed by atoms with Crippen LogP contribution in [0.1, 0.15) is 6.42 Å². The van der Waals surface area contributed by atoms with Crippen molar-refractivity contribution in [3.63, 3.8) is 0 Å². The second-order valence-electron chi connectivity index (χ2n) is 3.44. The number of carboxylic acid groups (broad SMARTS) is 1. The number of carbonyl (C=O) groups excluding carboxylic acids is 1. The van der Waals surface area contributed by atoms with E-state index in [9.17, 15) is 24.4 Å². The Hall–Kier alpha value is -0.870. The van der Waals surface area contributed by atoms with Gasteiger partial charge in [0.05, 0.1) is 12.7 Å². The molecule has 0 spiro atoms. The first kappa shape index (κ1) is 17.1. The minimum atomic E-state index is -4.81. The highest BCUT2D eigenvalue weighted by atomic mass is 31.2. The maximum atomic E-state index is 10.8. The molecule has 0 rings (SSSR count). The van der Waals surface area contributed by atoms with Crippen molar-refractivity contribution in [2.24, 2.45) is 5.73 Å². The third kappa shape index (κ3) is 6.77. The summed E-state index contributed by atoms with van der Waals surface area (Å²) >= 11 is 0. The van der Waals surface area contributed by atoms with Crippen LogP contribution in [-0.2, 0) is 18.7 Å². The van der Waals surface area contributed by atoms with Crippen LogP contribution in [0.4, 0.5) is 0 Å². The Bertz CT molecular complexity index is 353. The van der Waals surface area contributed by atoms with Gasteiger partial charge in [-0.15, -0.1) is 0 Å². The highest BCUT2D eigenvalue weighted by molar-refractivity contribution is 7.46. The molecule has 0 aliphatic heterocycles. The second-order valence-corrected chi connectivity index (χ2v) is 4.68. The van der Waals surface area contributed by atoms with Crippen molar-refractivity contribution in [3.8, 4) is 0 Å². The van der Waals surface area contributed by atoms with E-state index >= 15 is 0 Å². The van der Waals surface area contributed by atoms with Crippen molar-refractivity contribution < 1.29 is 43.8 Å². The predicted octanol–water partition coefficient (Wildman–Crippen LogP) is -2.81. The summed E-state index contributed by atoms with van der Waals surface area (Å²) < 4.78 is 14.2. The third-order valence-electron chi connectivity index (χ3n) is 1.91. The van der Waals surface area contributed by atoms with Crippen LogP contribution in [0.15, 0.2) is 0 Å². The van der Waals surface area contributed by atoms with Crippen molar-refractivity contribution in [2.45, 2.75) is 24.7 Å². The zero-order valence-electron chi connectivity index (χ0n) is 9.04. The van der Waals surface area contributed by atoms with Crippen molar-refractivity contribution >= 4 is 19.6 Å². The van der Waals surface area contributed by atoms with Gasteiger partial charge in [0.15, 0.2) is 0 Å². The van der Waals surface area contributed by atoms with Crippen molar-refractivity contribution in [2.75, 3.05) is 6.61 Å². The number of phosphoric ester groups is 1. The van der Waals surface area contributed by atoms with Crippen molar-refractivity contribution in [3.05, 3.63) is 0 Å². The highest BCUT2D eigenvalue weighted by Crippen LogP contribution is 2.35. The summed E-state index contributed by atoms with van der Waals surface area (Å²) in [6.45, 7) is -0.916. The molecule has 10 nitrogen and oxygen atoms in total. The number of hydrogen-bond donors (Lipinski definition) is 6. The molecule has 0 unspecified atom stereocenters. The summed E-state index contributed by atoms with van der Waals surface area (Å²) in [5.74, 6) is -3.00. The molecule has 0 saturated carbocycles. The first-order valence-electron chi connectivity index (χ1n) is 4.62. The quantitative estimate of drug-likeness (QED) is 0.201. The topological polar surface area (TPSA) is 188 Å². The van der Waals surface area contributed by atoms with Crippen LogP contribution in [-0.4, -0.2) is 61.7 Å². The molecule has 106 valence electrons. The number of carbonyl (C=O) groups is 2. The number of hydrogen-bond acceptors (Lipinski definition) is 7. The summed E-state index contributed by atoms with van der Waals surface area (Å²) in [6.07, 6.45) is -4.27. The lowest BCUT2D eigenvalue weighted by molar-refractivity contribution is -0.149. The smallest absolute Gasteiger partial charge is 0.469 e. The molecule has 0 bridgehead atoms. The number of nitrogens with two attached hydrogens (primary N) is 1. The Morgan fingerprint density at radius 3 is 2.17 bits per heavy atom. The first-order valence-corrected chi connectivity index (χ1v) is 6.15. The summed E-state index contributed by atoms with van der Waals surface area (Å²) in [5, 5.41) is 26.9. The summed E-state index contributed by atoms with van der Waals surface area (Å²) in [4.78, 5) is 37.7. The molecule has 0 heterocycles. The molecule has 0 saturated heterocycles. The first-order chi connectivity index (χ1) is 8.04. The fourth-order valence-corrected chi connectivity index (χ4v) is 1.33. The van der Waals surface area contributed by atoms with Crippen LogP contribution in [0.5, 0.6) is 0 Å². The van der Waals surface area contributed by atoms with E-state index in [4.69, 9.17) is 20.6 Å². The average Bonchev–Trinajstić information content (AvgIpc) is 2.23. The normalized spacial score (nSPS) is 16.9. The molecule has 7 N–H and O–H groups in total. The van der Waals surface area contributed by atoms with Gasteiger partial charge in [0.2, 0.25) is 5.78 Å². The largest absolute Gasteiger partial charge is 0.476 e. The van der Waals surface area contributed by atoms with Crippen molar-refractivity contribution in [1.82, 2.24) is 0 Å². The number of aliphatic hydroxyl groups excluding tert-OH is 2. The average molecular weight is 287 g/mol. The zero-order chi connectivity index (χ0) is 14.5. The maximum absolute atomic E-state index is 10.8. The molecular formula is C7H14NO9P. The summed E-state index contributed by atoms with van der Waals surface area (Å²) in [5.41, 5.74) is 5.25. The summed E-state index contributed by atoms with van der Waals surface area (Å²) in [6, 6.07) is -1.40. The van der Waals surface area contributed by atoms with Crippen LogP contribution < -0.4 is 5.73 Å². The molecule has 0 aromatic heterocycles. The van der Waals surface area contributed by atoms with Gasteiger partial charge in [-0.3, -0.25) is 9.32 Å². The Labute approximate surface area is 101 Å². The lowest BCUT2D eigenvalue weighted by Gasteiger charge is -2.22. The lowest BCUT2D eigenvalue weighted by atomic mass is 10.0. The minimum absolute atomic E-state index is 0.733. The maximum Gasteiger partial charge on any atom is 0.469 e. The van der Waals surface area contributed by atoms with Gasteiger partial charge in [-0.1, -0.05) is 0 Å². The molecule has 0 aromatic carbocycles. The van der Waals surface area contributed by atoms with Crippen LogP contribution in [0.2, 0.25) is 0 Å². The number of aliphatic hydroxyl groups is 2. The van der Waals surface area contributed by atoms with E-state index in [0.29, 0.717) is 0 Å². The number of aliphatic carboxylic acids is 1. The molecule has 3 atom stereocenters. The molecule has 0 aliphatic rings. The molecule has 0 radical (unpaired) electrons. The van der Waals surface area contributed by atoms with Gasteiger partial charge in [0.25, 0.3) is 0 Å². The van der Waals surface area contributed by atoms with E-state index < -0.39 is 50.9 Å². The monoisotopic (exact) mass is 287 g/mol. The fourth-order valence-electron chi connectivity index (χ4n) is 0.980. The van der Waals surface area contributed by atoms with Gasteiger partial charge in [0.1, 0.15) is 6.10 Å². The molecule has 0 fully saturated rings. The SMILES string of the molecule is N[C@H](CC(=O)C(=O)O)[C@H](O)[C@H](O)COP(=O)(O)O. The van der Waals surface area contributed by atoms with E-state index in [1.54, 1.807) is 0 Å². The van der Waals surface area contributed by atoms with Gasteiger partial charge in [-0.25, -0.2) is 9.36 Å². The van der Waals surface area contributed by atoms with E-state index in [-0.39, 0.29) is 0 Å². The van der Waals surface area contributed by atoms with Crippen LogP contribution >= 0.6 is 7.82 Å². The number of carboxylic acids is 1. The van der Waals surface area contributed by atoms with Crippen LogP contribution in [0.3, 0.4) is 0 Å². The molecule has 0 aliphatic carbocycles. The van der Waals surface area contributed by atoms with Gasteiger partial charge < -0.3 is 30.8 Å². The third-order valence-corrected chi connectivity index (χ3v) is 2.39. The van der Waals surface area contributed by atoms with Crippen LogP contribution in [0.25, 0.3) is 0 Å². The molecular weight excluding hydrogens is 273 g/mol. The Morgan fingerprint density at radius 2 is 1.78 bits per heavy atom. The number of ketones is 1. The molecule has 0 amide bonds. The molecule has 11 heteroatoms. The van der Waals surface area contributed by atoms with Crippen molar-refractivity contribution in [1.29, 1.82) is 0 Å². The molecule has 0 aromatic rings. The van der Waals surface area contributed by atoms with Gasteiger partial charge >= 0.3 is 13.8 Å². The van der Waals surface area contributed by atoms with Gasteiger partial charge in [-0.05, 0) is 0 Å². The van der Waals surface area contributed by atoms with Crippen LogP contribution in [0, 0.1) is 0 Å². The predicted molar refractivity (Wildman–Crippen MR) is 55.2 cm³/mol. The van der Waals surface area contributed by atoms with E-state index in [1.165, 1.54) is 0 Å². The standard InChI is InChI=1S/C7H14NO9P/c8-3(1-4(9)7(12)13)6(11)5(10)2-17-18(14,15)16/h3,5-6,10-11H,1-2,8H2,(H,12,13)(H2,14,15,16)/t3-,5-,6+/m1/s1. The Morgan fingerprint density at radius 1 is 1.28 bits per heavy atom. The zero-order valence-corrected chi connectivity index (χ0v) is 9.93.